The van der Waals surface area contributed by atoms with Gasteiger partial charge in [0.15, 0.2) is 0 Å². The van der Waals surface area contributed by atoms with Gasteiger partial charge in [-0.15, -0.1) is 0 Å². The van der Waals surface area contributed by atoms with Crippen molar-refractivity contribution in [3.8, 4) is 0 Å². The summed E-state index contributed by atoms with van der Waals surface area (Å²) in [4.78, 5) is 3.90. The molecule has 0 aromatic carbocycles. The summed E-state index contributed by atoms with van der Waals surface area (Å²) in [7, 11) is -3.52. The van der Waals surface area contributed by atoms with Gasteiger partial charge in [0.05, 0.1) is 4.90 Å². The average Bonchev–Trinajstić information content (AvgIpc) is 2.16. The third-order valence-electron chi connectivity index (χ3n) is 2.36. The lowest BCUT2D eigenvalue weighted by Crippen LogP contribution is -2.42. The van der Waals surface area contributed by atoms with Crippen molar-refractivity contribution in [2.75, 3.05) is 5.73 Å². The van der Waals surface area contributed by atoms with E-state index < -0.39 is 15.6 Å². The van der Waals surface area contributed by atoms with E-state index in [4.69, 9.17) is 5.73 Å². The van der Waals surface area contributed by atoms with E-state index in [1.165, 1.54) is 18.3 Å². The van der Waals surface area contributed by atoms with Gasteiger partial charge in [0.2, 0.25) is 10.0 Å². The Labute approximate surface area is 96.1 Å². The molecule has 90 valence electrons. The second kappa shape index (κ2) is 4.39. The van der Waals surface area contributed by atoms with Crippen LogP contribution in [0.4, 0.5) is 5.82 Å². The van der Waals surface area contributed by atoms with Crippen LogP contribution in [0.5, 0.6) is 0 Å². The van der Waals surface area contributed by atoms with Crippen molar-refractivity contribution in [3.63, 3.8) is 0 Å². The number of hydrogen-bond acceptors (Lipinski definition) is 4. The Hall–Kier alpha value is -1.14. The van der Waals surface area contributed by atoms with Crippen LogP contribution in [0, 0.1) is 0 Å². The maximum atomic E-state index is 12.0. The SMILES string of the molecule is CCC(C)(C)NS(=O)(=O)c1ccnc(N)c1. The molecule has 1 aromatic rings. The molecule has 0 unspecified atom stereocenters. The van der Waals surface area contributed by atoms with Crippen LogP contribution in [0.1, 0.15) is 27.2 Å². The van der Waals surface area contributed by atoms with Crippen LogP contribution < -0.4 is 10.5 Å². The molecule has 0 aliphatic heterocycles. The van der Waals surface area contributed by atoms with Gasteiger partial charge in [-0.3, -0.25) is 0 Å². The van der Waals surface area contributed by atoms with Crippen LogP contribution in [-0.2, 0) is 10.0 Å². The lowest BCUT2D eigenvalue weighted by molar-refractivity contribution is 0.439. The molecule has 0 fully saturated rings. The summed E-state index contributed by atoms with van der Waals surface area (Å²) in [5.41, 5.74) is 4.97. The Morgan fingerprint density at radius 2 is 2.12 bits per heavy atom. The van der Waals surface area contributed by atoms with Gasteiger partial charge in [0.1, 0.15) is 5.82 Å². The molecule has 5 nitrogen and oxygen atoms in total. The van der Waals surface area contributed by atoms with Crippen LogP contribution in [0.25, 0.3) is 0 Å². The Bertz CT molecular complexity index is 469. The van der Waals surface area contributed by atoms with E-state index in [0.717, 1.165) is 0 Å². The summed E-state index contributed by atoms with van der Waals surface area (Å²) in [5, 5.41) is 0. The molecule has 0 amide bonds. The van der Waals surface area contributed by atoms with Gasteiger partial charge in [-0.25, -0.2) is 18.1 Å². The average molecular weight is 243 g/mol. The second-order valence-corrected chi connectivity index (χ2v) is 5.94. The highest BCUT2D eigenvalue weighted by molar-refractivity contribution is 7.89. The molecule has 0 aliphatic carbocycles. The lowest BCUT2D eigenvalue weighted by atomic mass is 10.0. The fourth-order valence-electron chi connectivity index (χ4n) is 1.09. The summed E-state index contributed by atoms with van der Waals surface area (Å²) in [5.74, 6) is 0.192. The van der Waals surface area contributed by atoms with Gasteiger partial charge in [0.25, 0.3) is 0 Å². The highest BCUT2D eigenvalue weighted by atomic mass is 32.2. The summed E-state index contributed by atoms with van der Waals surface area (Å²) in [6.07, 6.45) is 2.08. The van der Waals surface area contributed by atoms with Gasteiger partial charge in [-0.05, 0) is 26.3 Å². The molecule has 3 N–H and O–H groups in total. The third-order valence-corrected chi connectivity index (χ3v) is 4.05. The summed E-state index contributed by atoms with van der Waals surface area (Å²) in [6, 6.07) is 2.76. The van der Waals surface area contributed by atoms with Crippen LogP contribution in [0.3, 0.4) is 0 Å². The molecule has 0 atom stereocenters. The molecule has 6 heteroatoms. The molecule has 1 aromatic heterocycles. The van der Waals surface area contributed by atoms with Gasteiger partial charge in [-0.2, -0.15) is 0 Å². The number of pyridine rings is 1. The molecule has 0 radical (unpaired) electrons. The lowest BCUT2D eigenvalue weighted by Gasteiger charge is -2.24. The number of nitrogens with one attached hydrogen (secondary N) is 1. The van der Waals surface area contributed by atoms with Crippen molar-refractivity contribution in [2.24, 2.45) is 0 Å². The minimum absolute atomic E-state index is 0.140. The van der Waals surface area contributed by atoms with Crippen LogP contribution >= 0.6 is 0 Å². The number of rotatable bonds is 4. The summed E-state index contributed by atoms with van der Waals surface area (Å²) < 4.78 is 26.5. The Kier molecular flexibility index (Phi) is 3.54. The van der Waals surface area contributed by atoms with Crippen LogP contribution in [0.2, 0.25) is 0 Å². The fourth-order valence-corrected chi connectivity index (χ4v) is 2.60. The van der Waals surface area contributed by atoms with E-state index >= 15 is 0 Å². The van der Waals surface area contributed by atoms with Crippen LogP contribution in [-0.4, -0.2) is 18.9 Å². The Balaban J connectivity index is 3.04. The zero-order chi connectivity index (χ0) is 12.4. The Morgan fingerprint density at radius 3 is 2.62 bits per heavy atom. The van der Waals surface area contributed by atoms with E-state index in [9.17, 15) is 8.42 Å². The molecule has 0 saturated heterocycles. The molecule has 0 aliphatic rings. The number of sulfonamides is 1. The second-order valence-electron chi connectivity index (χ2n) is 4.26. The minimum atomic E-state index is -3.52. The van der Waals surface area contributed by atoms with Gasteiger partial charge < -0.3 is 5.73 Å². The van der Waals surface area contributed by atoms with E-state index in [1.54, 1.807) is 0 Å². The summed E-state index contributed by atoms with van der Waals surface area (Å²) >= 11 is 0. The molecule has 16 heavy (non-hydrogen) atoms. The zero-order valence-electron chi connectivity index (χ0n) is 9.69. The van der Waals surface area contributed by atoms with Crippen LogP contribution in [0.15, 0.2) is 23.2 Å². The molecular formula is C10H17N3O2S. The van der Waals surface area contributed by atoms with Crippen molar-refractivity contribution in [2.45, 2.75) is 37.6 Å². The fraction of sp³-hybridized carbons (Fsp3) is 0.500. The molecular weight excluding hydrogens is 226 g/mol. The van der Waals surface area contributed by atoms with Crippen molar-refractivity contribution in [3.05, 3.63) is 18.3 Å². The van der Waals surface area contributed by atoms with Crippen molar-refractivity contribution in [1.82, 2.24) is 9.71 Å². The number of nitrogen functional groups attached to an aromatic ring is 1. The largest absolute Gasteiger partial charge is 0.384 e. The predicted octanol–water partition coefficient (Wildman–Crippen LogP) is 1.13. The van der Waals surface area contributed by atoms with Gasteiger partial charge in [-0.1, -0.05) is 6.92 Å². The third kappa shape index (κ3) is 3.18. The first-order valence-electron chi connectivity index (χ1n) is 5.02. The molecule has 1 rings (SSSR count). The van der Waals surface area contributed by atoms with Gasteiger partial charge in [0, 0.05) is 17.8 Å². The molecule has 1 heterocycles. The quantitative estimate of drug-likeness (QED) is 0.830. The van der Waals surface area contributed by atoms with E-state index in [1.807, 2.05) is 20.8 Å². The zero-order valence-corrected chi connectivity index (χ0v) is 10.5. The van der Waals surface area contributed by atoms with E-state index in [0.29, 0.717) is 6.42 Å². The topological polar surface area (TPSA) is 85.1 Å². The monoisotopic (exact) mass is 243 g/mol. The first-order valence-corrected chi connectivity index (χ1v) is 6.51. The normalized spacial score (nSPS) is 12.7. The number of nitrogens with two attached hydrogens (primary N) is 1. The Morgan fingerprint density at radius 1 is 1.50 bits per heavy atom. The number of anilines is 1. The maximum Gasteiger partial charge on any atom is 0.241 e. The first-order chi connectivity index (χ1) is 7.27. The molecule has 0 spiro atoms. The van der Waals surface area contributed by atoms with Crippen molar-refractivity contribution >= 4 is 15.8 Å². The number of nitrogens with zero attached hydrogens (tertiary/aromatic N) is 1. The van der Waals surface area contributed by atoms with Gasteiger partial charge >= 0.3 is 0 Å². The predicted molar refractivity (Wildman–Crippen MR) is 63.3 cm³/mol. The minimum Gasteiger partial charge on any atom is -0.384 e. The van der Waals surface area contributed by atoms with Crippen molar-refractivity contribution in [1.29, 1.82) is 0 Å². The highest BCUT2D eigenvalue weighted by Crippen LogP contribution is 2.15. The highest BCUT2D eigenvalue weighted by Gasteiger charge is 2.24. The molecule has 0 saturated carbocycles. The summed E-state index contributed by atoms with van der Waals surface area (Å²) in [6.45, 7) is 5.58. The number of hydrogen-bond donors (Lipinski definition) is 2. The van der Waals surface area contributed by atoms with E-state index in [2.05, 4.69) is 9.71 Å². The standard InChI is InChI=1S/C10H17N3O2S/c1-4-10(2,3)13-16(14,15)8-5-6-12-9(11)7-8/h5-7,13H,4H2,1-3H3,(H2,11,12). The van der Waals surface area contributed by atoms with E-state index in [-0.39, 0.29) is 10.7 Å². The first kappa shape index (κ1) is 12.9. The maximum absolute atomic E-state index is 12.0. The number of aromatic nitrogens is 1. The smallest absolute Gasteiger partial charge is 0.241 e. The van der Waals surface area contributed by atoms with Crippen molar-refractivity contribution < 1.29 is 8.42 Å². The molecule has 0 bridgehead atoms.